The van der Waals surface area contributed by atoms with Gasteiger partial charge in [0.2, 0.25) is 0 Å². The highest BCUT2D eigenvalue weighted by molar-refractivity contribution is 9.10. The molecule has 5 nitrogen and oxygen atoms in total. The molecule has 0 atom stereocenters. The average molecular weight is 379 g/mol. The Morgan fingerprint density at radius 3 is 2.39 bits per heavy atom. The van der Waals surface area contributed by atoms with E-state index in [2.05, 4.69) is 15.9 Å². The summed E-state index contributed by atoms with van der Waals surface area (Å²) in [4.78, 5) is 23.3. The fourth-order valence-electron chi connectivity index (χ4n) is 2.52. The zero-order valence-electron chi connectivity index (χ0n) is 12.6. The van der Waals surface area contributed by atoms with Gasteiger partial charge in [-0.1, -0.05) is 34.1 Å². The van der Waals surface area contributed by atoms with Gasteiger partial charge in [-0.25, -0.2) is 9.59 Å². The molecule has 2 aromatic carbocycles. The molecule has 0 aliphatic heterocycles. The number of aryl methyl sites for hydroxylation is 1. The Morgan fingerprint density at radius 1 is 1.13 bits per heavy atom. The van der Waals surface area contributed by atoms with E-state index in [0.717, 1.165) is 4.47 Å². The van der Waals surface area contributed by atoms with E-state index in [1.54, 1.807) is 25.1 Å². The van der Waals surface area contributed by atoms with Crippen LogP contribution >= 0.6 is 15.9 Å². The smallest absolute Gasteiger partial charge is 0.336 e. The highest BCUT2D eigenvalue weighted by atomic mass is 79.9. The van der Waals surface area contributed by atoms with Gasteiger partial charge in [0.15, 0.2) is 0 Å². The van der Waals surface area contributed by atoms with Crippen LogP contribution in [0.15, 0.2) is 34.8 Å². The molecule has 0 aliphatic carbocycles. The second kappa shape index (κ2) is 6.93. The SMILES string of the molecule is COCc1c(Br)cccc1-c1c(C(=O)O)ccc(C)c1C(=O)O. The van der Waals surface area contributed by atoms with Gasteiger partial charge in [0.1, 0.15) is 0 Å². The normalized spacial score (nSPS) is 10.6. The van der Waals surface area contributed by atoms with Crippen molar-refractivity contribution in [2.24, 2.45) is 0 Å². The summed E-state index contributed by atoms with van der Waals surface area (Å²) in [7, 11) is 1.52. The summed E-state index contributed by atoms with van der Waals surface area (Å²) < 4.78 is 5.90. The molecule has 0 radical (unpaired) electrons. The Kier molecular flexibility index (Phi) is 5.18. The number of carboxylic acids is 2. The van der Waals surface area contributed by atoms with E-state index in [1.165, 1.54) is 19.2 Å². The molecule has 6 heteroatoms. The molecule has 0 spiro atoms. The quantitative estimate of drug-likeness (QED) is 0.822. The number of rotatable bonds is 5. The van der Waals surface area contributed by atoms with Crippen molar-refractivity contribution in [1.29, 1.82) is 0 Å². The van der Waals surface area contributed by atoms with E-state index in [4.69, 9.17) is 4.74 Å². The minimum absolute atomic E-state index is 0.0136. The first-order chi connectivity index (χ1) is 10.9. The summed E-state index contributed by atoms with van der Waals surface area (Å²) in [6, 6.07) is 8.17. The van der Waals surface area contributed by atoms with Crippen molar-refractivity contribution >= 4 is 27.9 Å². The number of hydrogen-bond acceptors (Lipinski definition) is 3. The molecule has 23 heavy (non-hydrogen) atoms. The Morgan fingerprint density at radius 2 is 1.83 bits per heavy atom. The molecule has 0 saturated carbocycles. The molecule has 120 valence electrons. The van der Waals surface area contributed by atoms with Gasteiger partial charge in [-0.3, -0.25) is 0 Å². The minimum atomic E-state index is -1.18. The number of halogens is 1. The monoisotopic (exact) mass is 378 g/mol. The molecule has 0 fully saturated rings. The van der Waals surface area contributed by atoms with Crippen molar-refractivity contribution in [3.63, 3.8) is 0 Å². The Balaban J connectivity index is 2.92. The average Bonchev–Trinajstić information content (AvgIpc) is 2.48. The molecule has 0 amide bonds. The van der Waals surface area contributed by atoms with E-state index < -0.39 is 11.9 Å². The second-order valence-electron chi connectivity index (χ2n) is 4.99. The number of aromatic carboxylic acids is 2. The van der Waals surface area contributed by atoms with Crippen molar-refractivity contribution in [2.75, 3.05) is 7.11 Å². The van der Waals surface area contributed by atoms with E-state index in [1.807, 2.05) is 0 Å². The van der Waals surface area contributed by atoms with Crippen molar-refractivity contribution in [3.05, 3.63) is 57.1 Å². The predicted molar refractivity (Wildman–Crippen MR) is 88.9 cm³/mol. The maximum Gasteiger partial charge on any atom is 0.336 e. The first-order valence-electron chi connectivity index (χ1n) is 6.75. The number of ether oxygens (including phenoxy) is 1. The molecule has 0 saturated heterocycles. The van der Waals surface area contributed by atoms with Gasteiger partial charge in [-0.2, -0.15) is 0 Å². The van der Waals surface area contributed by atoms with Crippen LogP contribution in [0.5, 0.6) is 0 Å². The van der Waals surface area contributed by atoms with Gasteiger partial charge in [-0.05, 0) is 35.7 Å². The number of hydrogen-bond donors (Lipinski definition) is 2. The summed E-state index contributed by atoms with van der Waals surface area (Å²) in [5, 5.41) is 19.0. The van der Waals surface area contributed by atoms with Crippen molar-refractivity contribution in [1.82, 2.24) is 0 Å². The van der Waals surface area contributed by atoms with Crippen LogP contribution in [0.1, 0.15) is 31.8 Å². The van der Waals surface area contributed by atoms with Crippen LogP contribution in [0.25, 0.3) is 11.1 Å². The standard InChI is InChI=1S/C17H15BrO5/c1-9-6-7-11(16(19)20)15(14(9)17(21)22)10-4-3-5-13(18)12(10)8-23-2/h3-7H,8H2,1-2H3,(H,19,20)(H,21,22). The largest absolute Gasteiger partial charge is 0.478 e. The number of methoxy groups -OCH3 is 1. The molecule has 0 unspecified atom stereocenters. The third-order valence-corrected chi connectivity index (χ3v) is 4.28. The van der Waals surface area contributed by atoms with Crippen molar-refractivity contribution < 1.29 is 24.5 Å². The maximum atomic E-state index is 11.7. The molecule has 2 N–H and O–H groups in total. The molecular formula is C17H15BrO5. The number of carbonyl (C=O) groups is 2. The first-order valence-corrected chi connectivity index (χ1v) is 7.54. The third-order valence-electron chi connectivity index (χ3n) is 3.53. The summed E-state index contributed by atoms with van der Waals surface area (Å²) >= 11 is 3.41. The van der Waals surface area contributed by atoms with Crippen LogP contribution in [0, 0.1) is 6.92 Å². The summed E-state index contributed by atoms with van der Waals surface area (Å²) in [6.45, 7) is 1.87. The second-order valence-corrected chi connectivity index (χ2v) is 5.84. The lowest BCUT2D eigenvalue weighted by atomic mass is 9.89. The predicted octanol–water partition coefficient (Wildman–Crippen LogP) is 3.97. The number of benzene rings is 2. The molecular weight excluding hydrogens is 364 g/mol. The number of carboxylic acid groups (broad SMARTS) is 2. The van der Waals surface area contributed by atoms with Gasteiger partial charge >= 0.3 is 11.9 Å². The molecule has 0 aromatic heterocycles. The van der Waals surface area contributed by atoms with Gasteiger partial charge in [0.25, 0.3) is 0 Å². The van der Waals surface area contributed by atoms with Gasteiger partial charge in [0, 0.05) is 17.1 Å². The summed E-state index contributed by atoms with van der Waals surface area (Å²) in [5.41, 5.74) is 1.85. The maximum absolute atomic E-state index is 11.7. The Bertz CT molecular complexity index is 783. The first kappa shape index (κ1) is 17.2. The summed E-state index contributed by atoms with van der Waals surface area (Å²) in [6.07, 6.45) is 0. The van der Waals surface area contributed by atoms with Gasteiger partial charge in [-0.15, -0.1) is 0 Å². The van der Waals surface area contributed by atoms with Crippen LogP contribution in [0.3, 0.4) is 0 Å². The zero-order valence-corrected chi connectivity index (χ0v) is 14.2. The molecule has 2 rings (SSSR count). The zero-order chi connectivity index (χ0) is 17.1. The molecule has 0 heterocycles. The van der Waals surface area contributed by atoms with Crippen molar-refractivity contribution in [2.45, 2.75) is 13.5 Å². The molecule has 2 aromatic rings. The highest BCUT2D eigenvalue weighted by Crippen LogP contribution is 2.36. The topological polar surface area (TPSA) is 83.8 Å². The van der Waals surface area contributed by atoms with Crippen LogP contribution in [-0.2, 0) is 11.3 Å². The fourth-order valence-corrected chi connectivity index (χ4v) is 3.00. The third kappa shape index (κ3) is 3.28. The van der Waals surface area contributed by atoms with Crippen LogP contribution in [0.2, 0.25) is 0 Å². The van der Waals surface area contributed by atoms with E-state index in [-0.39, 0.29) is 23.3 Å². The lowest BCUT2D eigenvalue weighted by molar-refractivity contribution is 0.0695. The van der Waals surface area contributed by atoms with Crippen LogP contribution < -0.4 is 0 Å². The minimum Gasteiger partial charge on any atom is -0.478 e. The Hall–Kier alpha value is -2.18. The van der Waals surface area contributed by atoms with Crippen LogP contribution in [0.4, 0.5) is 0 Å². The van der Waals surface area contributed by atoms with Crippen LogP contribution in [-0.4, -0.2) is 29.3 Å². The van der Waals surface area contributed by atoms with E-state index >= 15 is 0 Å². The molecule has 0 bridgehead atoms. The van der Waals surface area contributed by atoms with Crippen molar-refractivity contribution in [3.8, 4) is 11.1 Å². The highest BCUT2D eigenvalue weighted by Gasteiger charge is 2.24. The lowest BCUT2D eigenvalue weighted by Crippen LogP contribution is -2.10. The van der Waals surface area contributed by atoms with Gasteiger partial charge < -0.3 is 14.9 Å². The van der Waals surface area contributed by atoms with E-state index in [0.29, 0.717) is 16.7 Å². The molecule has 0 aliphatic rings. The Labute approximate surface area is 141 Å². The fraction of sp³-hybridized carbons (Fsp3) is 0.176. The van der Waals surface area contributed by atoms with E-state index in [9.17, 15) is 19.8 Å². The summed E-state index contributed by atoms with van der Waals surface area (Å²) in [5.74, 6) is -2.34. The lowest BCUT2D eigenvalue weighted by Gasteiger charge is -2.17. The van der Waals surface area contributed by atoms with Gasteiger partial charge in [0.05, 0.1) is 17.7 Å².